The molecule has 0 aliphatic carbocycles. The molecule has 0 spiro atoms. The van der Waals surface area contributed by atoms with Gasteiger partial charge in [0.1, 0.15) is 0 Å². The molecule has 0 aliphatic heterocycles. The summed E-state index contributed by atoms with van der Waals surface area (Å²) in [5, 5.41) is 3.41. The van der Waals surface area contributed by atoms with E-state index in [-0.39, 0.29) is 6.04 Å². The van der Waals surface area contributed by atoms with E-state index in [2.05, 4.69) is 81.4 Å². The van der Waals surface area contributed by atoms with Crippen LogP contribution in [0.3, 0.4) is 0 Å². The number of hydrogen-bond donors (Lipinski definition) is 1. The lowest BCUT2D eigenvalue weighted by atomic mass is 9.94. The molecule has 0 radical (unpaired) electrons. The van der Waals surface area contributed by atoms with Gasteiger partial charge in [-0.15, -0.1) is 0 Å². The van der Waals surface area contributed by atoms with Crippen LogP contribution in [0.5, 0.6) is 0 Å². The first-order valence-corrected chi connectivity index (χ1v) is 7.81. The molecular formula is C16H17Br2N. The summed E-state index contributed by atoms with van der Waals surface area (Å²) in [6.07, 6.45) is 0. The summed E-state index contributed by atoms with van der Waals surface area (Å²) in [6, 6.07) is 13.1. The van der Waals surface area contributed by atoms with Gasteiger partial charge in [-0.1, -0.05) is 55.6 Å². The molecule has 1 unspecified atom stereocenters. The second-order valence-electron chi connectivity index (χ2n) is 4.75. The van der Waals surface area contributed by atoms with Gasteiger partial charge in [0.25, 0.3) is 0 Å². The van der Waals surface area contributed by atoms with E-state index >= 15 is 0 Å². The molecule has 0 aliphatic rings. The maximum atomic E-state index is 3.65. The van der Waals surface area contributed by atoms with Crippen molar-refractivity contribution in [3.05, 3.63) is 67.6 Å². The molecule has 0 heterocycles. The lowest BCUT2D eigenvalue weighted by Gasteiger charge is -2.21. The zero-order chi connectivity index (χ0) is 14.0. The highest BCUT2D eigenvalue weighted by atomic mass is 79.9. The first kappa shape index (κ1) is 14.8. The molecule has 2 aromatic rings. The van der Waals surface area contributed by atoms with E-state index < -0.39 is 0 Å². The topological polar surface area (TPSA) is 12.0 Å². The van der Waals surface area contributed by atoms with Crippen molar-refractivity contribution in [3.63, 3.8) is 0 Å². The summed E-state index contributed by atoms with van der Waals surface area (Å²) in [5.41, 5.74) is 5.16. The van der Waals surface area contributed by atoms with Crippen molar-refractivity contribution in [1.82, 2.24) is 5.32 Å². The number of hydrogen-bond acceptors (Lipinski definition) is 1. The van der Waals surface area contributed by atoms with Crippen LogP contribution in [-0.4, -0.2) is 7.05 Å². The third-order valence-electron chi connectivity index (χ3n) is 3.29. The van der Waals surface area contributed by atoms with Gasteiger partial charge >= 0.3 is 0 Å². The van der Waals surface area contributed by atoms with Crippen molar-refractivity contribution in [2.45, 2.75) is 19.9 Å². The fraction of sp³-hybridized carbons (Fsp3) is 0.250. The van der Waals surface area contributed by atoms with E-state index in [1.54, 1.807) is 0 Å². The molecule has 100 valence electrons. The minimum atomic E-state index is 0.187. The van der Waals surface area contributed by atoms with Gasteiger partial charge in [-0.3, -0.25) is 0 Å². The highest BCUT2D eigenvalue weighted by Gasteiger charge is 2.17. The van der Waals surface area contributed by atoms with Gasteiger partial charge < -0.3 is 5.32 Å². The Kier molecular flexibility index (Phi) is 4.82. The normalized spacial score (nSPS) is 12.5. The molecule has 0 saturated heterocycles. The van der Waals surface area contributed by atoms with Crippen molar-refractivity contribution in [2.75, 3.05) is 7.05 Å². The summed E-state index contributed by atoms with van der Waals surface area (Å²) < 4.78 is 2.21. The maximum absolute atomic E-state index is 3.65. The van der Waals surface area contributed by atoms with Crippen molar-refractivity contribution in [3.8, 4) is 0 Å². The number of benzene rings is 2. The summed E-state index contributed by atoms with van der Waals surface area (Å²) in [5.74, 6) is 0. The second kappa shape index (κ2) is 6.21. The number of rotatable bonds is 3. The molecule has 2 rings (SSSR count). The third-order valence-corrected chi connectivity index (χ3v) is 4.51. The standard InChI is InChI=1S/C16H17Br2N/c1-10-4-6-13(11(2)8-10)16(19-3)14-9-12(17)5-7-15(14)18/h4-9,16,19H,1-3H3. The minimum Gasteiger partial charge on any atom is -0.309 e. The SMILES string of the molecule is CNC(c1ccc(C)cc1C)c1cc(Br)ccc1Br. The van der Waals surface area contributed by atoms with E-state index in [4.69, 9.17) is 0 Å². The molecule has 3 heteroatoms. The smallest absolute Gasteiger partial charge is 0.0588 e. The highest BCUT2D eigenvalue weighted by molar-refractivity contribution is 9.11. The van der Waals surface area contributed by atoms with Crippen molar-refractivity contribution in [1.29, 1.82) is 0 Å². The Bertz CT molecular complexity index is 593. The van der Waals surface area contributed by atoms with Gasteiger partial charge in [0.2, 0.25) is 0 Å². The van der Waals surface area contributed by atoms with Crippen molar-refractivity contribution >= 4 is 31.9 Å². The van der Waals surface area contributed by atoms with Gasteiger partial charge in [0, 0.05) is 8.95 Å². The van der Waals surface area contributed by atoms with Gasteiger partial charge in [0.15, 0.2) is 0 Å². The third kappa shape index (κ3) is 3.28. The van der Waals surface area contributed by atoms with E-state index in [1.165, 1.54) is 22.3 Å². The van der Waals surface area contributed by atoms with Crippen LogP contribution in [0.4, 0.5) is 0 Å². The van der Waals surface area contributed by atoms with E-state index in [1.807, 2.05) is 13.1 Å². The maximum Gasteiger partial charge on any atom is 0.0588 e. The summed E-state index contributed by atoms with van der Waals surface area (Å²) in [4.78, 5) is 0. The average Bonchev–Trinajstić information content (AvgIpc) is 2.36. The zero-order valence-electron chi connectivity index (χ0n) is 11.3. The Hall–Kier alpha value is -0.640. The number of aryl methyl sites for hydroxylation is 2. The Balaban J connectivity index is 2.52. The van der Waals surface area contributed by atoms with Crippen LogP contribution in [0.25, 0.3) is 0 Å². The predicted molar refractivity (Wildman–Crippen MR) is 88.7 cm³/mol. The predicted octanol–water partition coefficient (Wildman–Crippen LogP) is 5.14. The van der Waals surface area contributed by atoms with Crippen LogP contribution in [-0.2, 0) is 0 Å². The Morgan fingerprint density at radius 3 is 2.32 bits per heavy atom. The van der Waals surface area contributed by atoms with E-state index in [9.17, 15) is 0 Å². The first-order valence-electron chi connectivity index (χ1n) is 6.22. The highest BCUT2D eigenvalue weighted by Crippen LogP contribution is 2.32. The van der Waals surface area contributed by atoms with E-state index in [0.29, 0.717) is 0 Å². The number of nitrogens with one attached hydrogen (secondary N) is 1. The molecule has 1 N–H and O–H groups in total. The summed E-state index contributed by atoms with van der Waals surface area (Å²) >= 11 is 7.20. The molecule has 2 aromatic carbocycles. The van der Waals surface area contributed by atoms with Crippen LogP contribution < -0.4 is 5.32 Å². The fourth-order valence-corrected chi connectivity index (χ4v) is 3.22. The fourth-order valence-electron chi connectivity index (χ4n) is 2.36. The Morgan fingerprint density at radius 2 is 1.68 bits per heavy atom. The van der Waals surface area contributed by atoms with Crippen molar-refractivity contribution in [2.24, 2.45) is 0 Å². The Morgan fingerprint density at radius 1 is 0.947 bits per heavy atom. The first-order chi connectivity index (χ1) is 9.02. The van der Waals surface area contributed by atoms with Crippen LogP contribution in [0.2, 0.25) is 0 Å². The average molecular weight is 383 g/mol. The van der Waals surface area contributed by atoms with Gasteiger partial charge in [-0.2, -0.15) is 0 Å². The minimum absolute atomic E-state index is 0.187. The molecule has 19 heavy (non-hydrogen) atoms. The summed E-state index contributed by atoms with van der Waals surface area (Å²) in [6.45, 7) is 4.29. The number of halogens is 2. The molecule has 1 atom stereocenters. The lowest BCUT2D eigenvalue weighted by Crippen LogP contribution is -2.19. The molecule has 0 aromatic heterocycles. The van der Waals surface area contributed by atoms with Gasteiger partial charge in [0.05, 0.1) is 6.04 Å². The molecule has 1 nitrogen and oxygen atoms in total. The van der Waals surface area contributed by atoms with Crippen LogP contribution in [0, 0.1) is 13.8 Å². The van der Waals surface area contributed by atoms with Crippen LogP contribution in [0.1, 0.15) is 28.3 Å². The molecular weight excluding hydrogens is 366 g/mol. The Labute approximate surface area is 131 Å². The second-order valence-corrected chi connectivity index (χ2v) is 6.52. The lowest BCUT2D eigenvalue weighted by molar-refractivity contribution is 0.684. The van der Waals surface area contributed by atoms with Crippen molar-refractivity contribution < 1.29 is 0 Å². The van der Waals surface area contributed by atoms with Crippen LogP contribution >= 0.6 is 31.9 Å². The van der Waals surface area contributed by atoms with E-state index in [0.717, 1.165) is 8.95 Å². The van der Waals surface area contributed by atoms with Gasteiger partial charge in [-0.25, -0.2) is 0 Å². The van der Waals surface area contributed by atoms with Gasteiger partial charge in [-0.05, 0) is 55.8 Å². The largest absolute Gasteiger partial charge is 0.309 e. The quantitative estimate of drug-likeness (QED) is 0.775. The molecule has 0 fully saturated rings. The molecule has 0 bridgehead atoms. The zero-order valence-corrected chi connectivity index (χ0v) is 14.5. The molecule has 0 saturated carbocycles. The summed E-state index contributed by atoms with van der Waals surface area (Å²) in [7, 11) is 2.00. The van der Waals surface area contributed by atoms with Crippen LogP contribution in [0.15, 0.2) is 45.3 Å². The monoisotopic (exact) mass is 381 g/mol. The molecule has 0 amide bonds.